The minimum Gasteiger partial charge on any atom is -0.482 e. The summed E-state index contributed by atoms with van der Waals surface area (Å²) in [4.78, 5) is 29.2. The highest BCUT2D eigenvalue weighted by molar-refractivity contribution is 5.97. The minimum absolute atomic E-state index is 0.0704. The van der Waals surface area contributed by atoms with Gasteiger partial charge in [-0.1, -0.05) is 20.8 Å². The Hall–Kier alpha value is -2.46. The summed E-state index contributed by atoms with van der Waals surface area (Å²) in [6.45, 7) is 2.10. The van der Waals surface area contributed by atoms with E-state index in [0.29, 0.717) is 0 Å². The molecule has 0 aliphatic carbocycles. The van der Waals surface area contributed by atoms with Crippen molar-refractivity contribution in [1.29, 1.82) is 0 Å². The standard InChI is InChI=1S/C18H22F5N3O3/c1-16(2,3)10(15(24)28)4-13(27)11-5-14(29-9-18(21,22)23)12(6-25-11)26-7-17(19,20)8-26/h5-6,10H,4,7-9H2,1-3H3,(H2,24,28). The summed E-state index contributed by atoms with van der Waals surface area (Å²) in [7, 11) is 0. The third-order valence-electron chi connectivity index (χ3n) is 4.49. The number of hydrogen-bond acceptors (Lipinski definition) is 5. The monoisotopic (exact) mass is 423 g/mol. The topological polar surface area (TPSA) is 85.5 Å². The van der Waals surface area contributed by atoms with Crippen LogP contribution >= 0.6 is 0 Å². The largest absolute Gasteiger partial charge is 0.482 e. The van der Waals surface area contributed by atoms with Gasteiger partial charge in [0.1, 0.15) is 11.4 Å². The average molecular weight is 423 g/mol. The Balaban J connectivity index is 2.28. The quantitative estimate of drug-likeness (QED) is 0.538. The van der Waals surface area contributed by atoms with Crippen molar-refractivity contribution in [2.24, 2.45) is 17.1 Å². The van der Waals surface area contributed by atoms with E-state index in [0.717, 1.165) is 17.2 Å². The molecular weight excluding hydrogens is 401 g/mol. The Labute approximate surface area is 164 Å². The van der Waals surface area contributed by atoms with E-state index in [9.17, 15) is 31.5 Å². The van der Waals surface area contributed by atoms with Crippen LogP contribution in [0.1, 0.15) is 37.7 Å². The zero-order valence-corrected chi connectivity index (χ0v) is 16.1. The third-order valence-corrected chi connectivity index (χ3v) is 4.49. The highest BCUT2D eigenvalue weighted by Crippen LogP contribution is 2.38. The van der Waals surface area contributed by atoms with E-state index in [4.69, 9.17) is 10.5 Å². The molecule has 1 aromatic heterocycles. The fourth-order valence-electron chi connectivity index (χ4n) is 2.90. The van der Waals surface area contributed by atoms with E-state index in [1.165, 1.54) is 0 Å². The summed E-state index contributed by atoms with van der Waals surface area (Å²) in [5.74, 6) is -5.50. The van der Waals surface area contributed by atoms with Crippen LogP contribution in [-0.4, -0.2) is 48.5 Å². The van der Waals surface area contributed by atoms with Crippen molar-refractivity contribution in [2.45, 2.75) is 39.3 Å². The molecule has 1 amide bonds. The Kier molecular flexibility index (Phi) is 6.10. The maximum Gasteiger partial charge on any atom is 0.422 e. The lowest BCUT2D eigenvalue weighted by molar-refractivity contribution is -0.153. The fourth-order valence-corrected chi connectivity index (χ4v) is 2.90. The van der Waals surface area contributed by atoms with Crippen molar-refractivity contribution in [3.8, 4) is 5.75 Å². The Morgan fingerprint density at radius 1 is 1.28 bits per heavy atom. The maximum absolute atomic E-state index is 13.1. The molecule has 1 saturated heterocycles. The molecule has 1 atom stereocenters. The van der Waals surface area contributed by atoms with E-state index >= 15 is 0 Å². The highest BCUT2D eigenvalue weighted by Gasteiger charge is 2.45. The number of ether oxygens (including phenoxy) is 1. The summed E-state index contributed by atoms with van der Waals surface area (Å²) in [5, 5.41) is 0. The van der Waals surface area contributed by atoms with Gasteiger partial charge in [0.15, 0.2) is 12.4 Å². The maximum atomic E-state index is 13.1. The van der Waals surface area contributed by atoms with Crippen LogP contribution in [0.2, 0.25) is 0 Å². The first-order valence-corrected chi connectivity index (χ1v) is 8.74. The normalized spacial score (nSPS) is 17.4. The number of aromatic nitrogens is 1. The number of alkyl halides is 5. The van der Waals surface area contributed by atoms with Crippen molar-refractivity contribution in [1.82, 2.24) is 4.98 Å². The van der Waals surface area contributed by atoms with Crippen molar-refractivity contribution >= 4 is 17.4 Å². The second kappa shape index (κ2) is 7.75. The number of hydrogen-bond donors (Lipinski definition) is 1. The van der Waals surface area contributed by atoms with Gasteiger partial charge >= 0.3 is 6.18 Å². The van der Waals surface area contributed by atoms with Gasteiger partial charge in [0, 0.05) is 18.4 Å². The van der Waals surface area contributed by atoms with E-state index in [1.807, 2.05) is 0 Å². The molecule has 0 radical (unpaired) electrons. The number of amides is 1. The van der Waals surface area contributed by atoms with E-state index in [1.54, 1.807) is 20.8 Å². The zero-order chi connectivity index (χ0) is 22.2. The lowest BCUT2D eigenvalue weighted by Crippen LogP contribution is -2.56. The van der Waals surface area contributed by atoms with Crippen LogP contribution in [0.5, 0.6) is 5.75 Å². The van der Waals surface area contributed by atoms with Gasteiger partial charge in [-0.25, -0.2) is 8.78 Å². The number of nitrogens with two attached hydrogens (primary N) is 1. The predicted octanol–water partition coefficient (Wildman–Crippen LogP) is 3.20. The summed E-state index contributed by atoms with van der Waals surface area (Å²) in [6.07, 6.45) is -3.94. The molecule has 1 aliphatic rings. The second-order valence-electron chi connectivity index (χ2n) is 8.10. The SMILES string of the molecule is CC(C)(C)C(CC(=O)c1cc(OCC(F)(F)F)c(N2CC(F)(F)C2)cn1)C(N)=O. The molecule has 1 aliphatic heterocycles. The summed E-state index contributed by atoms with van der Waals surface area (Å²) in [6, 6.07) is 0.973. The molecular formula is C18H22F5N3O3. The number of halogens is 5. The highest BCUT2D eigenvalue weighted by atomic mass is 19.4. The van der Waals surface area contributed by atoms with Crippen LogP contribution in [0, 0.1) is 11.3 Å². The van der Waals surface area contributed by atoms with Gasteiger partial charge in [-0.2, -0.15) is 13.2 Å². The van der Waals surface area contributed by atoms with Crippen LogP contribution < -0.4 is 15.4 Å². The number of pyridine rings is 1. The lowest BCUT2D eigenvalue weighted by Gasteiger charge is -2.40. The first-order chi connectivity index (χ1) is 13.1. The smallest absolute Gasteiger partial charge is 0.422 e. The Morgan fingerprint density at radius 2 is 1.86 bits per heavy atom. The van der Waals surface area contributed by atoms with Gasteiger partial charge in [-0.05, 0) is 5.41 Å². The third kappa shape index (κ3) is 6.01. The zero-order valence-electron chi connectivity index (χ0n) is 16.1. The van der Waals surface area contributed by atoms with Gasteiger partial charge in [-0.15, -0.1) is 0 Å². The number of anilines is 1. The molecule has 162 valence electrons. The van der Waals surface area contributed by atoms with E-state index in [2.05, 4.69) is 4.98 Å². The van der Waals surface area contributed by atoms with Crippen molar-refractivity contribution in [3.05, 3.63) is 18.0 Å². The summed E-state index contributed by atoms with van der Waals surface area (Å²) >= 11 is 0. The molecule has 1 fully saturated rings. The number of rotatable bonds is 7. The molecule has 1 unspecified atom stereocenters. The van der Waals surface area contributed by atoms with Crippen LogP contribution in [0.3, 0.4) is 0 Å². The summed E-state index contributed by atoms with van der Waals surface area (Å²) < 4.78 is 68.7. The van der Waals surface area contributed by atoms with Gasteiger partial charge in [-0.3, -0.25) is 14.6 Å². The van der Waals surface area contributed by atoms with Crippen molar-refractivity contribution in [3.63, 3.8) is 0 Å². The Bertz CT molecular complexity index is 782. The summed E-state index contributed by atoms with van der Waals surface area (Å²) in [5.41, 5.74) is 4.41. The fraction of sp³-hybridized carbons (Fsp3) is 0.611. The predicted molar refractivity (Wildman–Crippen MR) is 94.0 cm³/mol. The van der Waals surface area contributed by atoms with E-state index < -0.39 is 54.8 Å². The Morgan fingerprint density at radius 3 is 2.31 bits per heavy atom. The lowest BCUT2D eigenvalue weighted by atomic mass is 9.77. The number of ketones is 1. The molecule has 6 nitrogen and oxygen atoms in total. The first kappa shape index (κ1) is 22.8. The molecule has 0 saturated carbocycles. The minimum atomic E-state index is -4.66. The molecule has 2 heterocycles. The molecule has 11 heteroatoms. The van der Waals surface area contributed by atoms with Crippen molar-refractivity contribution in [2.75, 3.05) is 24.6 Å². The van der Waals surface area contributed by atoms with Gasteiger partial charge in [0.05, 0.1) is 25.0 Å². The van der Waals surface area contributed by atoms with Crippen LogP contribution in [0.25, 0.3) is 0 Å². The average Bonchev–Trinajstić information content (AvgIpc) is 2.53. The number of Topliss-reactive ketones (excluding diaryl/α,β-unsaturated/α-hetero) is 1. The molecule has 2 rings (SSSR count). The molecule has 0 bridgehead atoms. The molecule has 2 N–H and O–H groups in total. The van der Waals surface area contributed by atoms with Gasteiger partial charge < -0.3 is 15.4 Å². The number of carbonyl (C=O) groups is 2. The molecule has 0 aromatic carbocycles. The number of primary amides is 1. The number of nitrogens with zero attached hydrogens (tertiary/aromatic N) is 2. The second-order valence-corrected chi connectivity index (χ2v) is 8.10. The van der Waals surface area contributed by atoms with Crippen LogP contribution in [0.15, 0.2) is 12.3 Å². The van der Waals surface area contributed by atoms with Crippen LogP contribution in [0.4, 0.5) is 27.6 Å². The van der Waals surface area contributed by atoms with Crippen LogP contribution in [-0.2, 0) is 4.79 Å². The molecule has 0 spiro atoms. The number of carbonyl (C=O) groups excluding carboxylic acids is 2. The first-order valence-electron chi connectivity index (χ1n) is 8.74. The molecule has 29 heavy (non-hydrogen) atoms. The van der Waals surface area contributed by atoms with E-state index in [-0.39, 0.29) is 23.6 Å². The van der Waals surface area contributed by atoms with Gasteiger partial charge in [0.2, 0.25) is 5.91 Å². The molecule has 1 aromatic rings. The van der Waals surface area contributed by atoms with Gasteiger partial charge in [0.25, 0.3) is 5.92 Å². The van der Waals surface area contributed by atoms with Crippen molar-refractivity contribution < 1.29 is 36.3 Å².